The fraction of sp³-hybridized carbons (Fsp3) is 0.200. The summed E-state index contributed by atoms with van der Waals surface area (Å²) in [6.45, 7) is 3.84. The molecule has 0 aliphatic rings. The fourth-order valence-corrected chi connectivity index (χ4v) is 2.42. The van der Waals surface area contributed by atoms with Gasteiger partial charge in [-0.2, -0.15) is 9.78 Å². The van der Waals surface area contributed by atoms with Crippen LogP contribution in [0, 0.1) is 13.8 Å². The van der Waals surface area contributed by atoms with Gasteiger partial charge in [0.1, 0.15) is 5.75 Å². The number of aromatic amines is 1. The molecule has 0 fully saturated rings. The van der Waals surface area contributed by atoms with Gasteiger partial charge in [0, 0.05) is 16.8 Å². The lowest BCUT2D eigenvalue weighted by atomic mass is 10.2. The lowest BCUT2D eigenvalue weighted by Gasteiger charge is -2.06. The highest BCUT2D eigenvalue weighted by atomic mass is 16.5. The van der Waals surface area contributed by atoms with Crippen LogP contribution in [0.5, 0.6) is 5.75 Å². The Morgan fingerprint density at radius 2 is 1.85 bits per heavy atom. The van der Waals surface area contributed by atoms with E-state index in [0.29, 0.717) is 5.39 Å². The van der Waals surface area contributed by atoms with Gasteiger partial charge in [-0.1, -0.05) is 0 Å². The zero-order chi connectivity index (χ0) is 14.3. The first-order chi connectivity index (χ1) is 9.61. The summed E-state index contributed by atoms with van der Waals surface area (Å²) in [6, 6.07) is 7.24. The number of rotatable bonds is 2. The highest BCUT2D eigenvalue weighted by molar-refractivity contribution is 5.86. The monoisotopic (exact) mass is 269 g/mol. The number of ether oxygens (including phenoxy) is 1. The Morgan fingerprint density at radius 1 is 1.15 bits per heavy atom. The second-order valence-electron chi connectivity index (χ2n) is 4.72. The van der Waals surface area contributed by atoms with Crippen molar-refractivity contribution in [2.45, 2.75) is 13.8 Å². The molecule has 0 atom stereocenters. The summed E-state index contributed by atoms with van der Waals surface area (Å²) in [7, 11) is 1.61. The predicted molar refractivity (Wildman–Crippen MR) is 77.7 cm³/mol. The molecule has 3 aromatic rings. The molecule has 1 aromatic carbocycles. The molecule has 0 aliphatic heterocycles. The van der Waals surface area contributed by atoms with E-state index in [1.54, 1.807) is 13.3 Å². The molecule has 5 heteroatoms. The van der Waals surface area contributed by atoms with E-state index in [1.807, 2.05) is 38.1 Å². The summed E-state index contributed by atoms with van der Waals surface area (Å²) < 4.78 is 6.52. The molecule has 0 aliphatic carbocycles. The summed E-state index contributed by atoms with van der Waals surface area (Å²) in [4.78, 5) is 15.7. The van der Waals surface area contributed by atoms with Crippen molar-refractivity contribution < 1.29 is 4.74 Å². The second-order valence-corrected chi connectivity index (χ2v) is 4.72. The number of hydrogen-bond acceptors (Lipinski definition) is 3. The minimum absolute atomic E-state index is 0.116. The Morgan fingerprint density at radius 3 is 2.50 bits per heavy atom. The van der Waals surface area contributed by atoms with E-state index in [-0.39, 0.29) is 5.56 Å². The third kappa shape index (κ3) is 1.79. The maximum absolute atomic E-state index is 12.6. The molecule has 20 heavy (non-hydrogen) atoms. The van der Waals surface area contributed by atoms with Gasteiger partial charge in [0.2, 0.25) is 0 Å². The third-order valence-corrected chi connectivity index (χ3v) is 3.45. The van der Waals surface area contributed by atoms with Gasteiger partial charge in [-0.25, -0.2) is 0 Å². The number of H-pyrrole nitrogens is 1. The number of benzene rings is 1. The maximum Gasteiger partial charge on any atom is 0.281 e. The van der Waals surface area contributed by atoms with Crippen LogP contribution in [0.4, 0.5) is 0 Å². The van der Waals surface area contributed by atoms with Crippen LogP contribution in [0.3, 0.4) is 0 Å². The van der Waals surface area contributed by atoms with Crippen LogP contribution in [-0.2, 0) is 0 Å². The first-order valence-corrected chi connectivity index (χ1v) is 6.33. The van der Waals surface area contributed by atoms with E-state index in [0.717, 1.165) is 28.2 Å². The summed E-state index contributed by atoms with van der Waals surface area (Å²) in [5.74, 6) is 0.747. The number of aromatic nitrogens is 3. The van der Waals surface area contributed by atoms with Crippen molar-refractivity contribution in [1.82, 2.24) is 14.8 Å². The minimum Gasteiger partial charge on any atom is -0.497 e. The quantitative estimate of drug-likeness (QED) is 0.776. The molecule has 0 radical (unpaired) electrons. The smallest absolute Gasteiger partial charge is 0.281 e. The molecular weight excluding hydrogens is 254 g/mol. The first-order valence-electron chi connectivity index (χ1n) is 6.33. The molecule has 3 rings (SSSR count). The van der Waals surface area contributed by atoms with Crippen molar-refractivity contribution in [2.75, 3.05) is 7.11 Å². The average molecular weight is 269 g/mol. The van der Waals surface area contributed by atoms with Gasteiger partial charge in [-0.3, -0.25) is 4.79 Å². The number of nitrogens with zero attached hydrogens (tertiary/aromatic N) is 2. The SMILES string of the molecule is COc1ccc(-n2ncc3c(C)[nH]c(C)c3c2=O)cc1. The highest BCUT2D eigenvalue weighted by Crippen LogP contribution is 2.18. The largest absolute Gasteiger partial charge is 0.497 e. The van der Waals surface area contributed by atoms with Crippen molar-refractivity contribution in [3.05, 3.63) is 52.2 Å². The standard InChI is InChI=1S/C15H15N3O2/c1-9-13-8-16-18(15(19)14(13)10(2)17-9)11-4-6-12(20-3)7-5-11/h4-8,17H,1-3H3. The van der Waals surface area contributed by atoms with Gasteiger partial charge >= 0.3 is 0 Å². The van der Waals surface area contributed by atoms with E-state index in [4.69, 9.17) is 4.74 Å². The van der Waals surface area contributed by atoms with Crippen LogP contribution >= 0.6 is 0 Å². The van der Waals surface area contributed by atoms with Gasteiger partial charge in [-0.15, -0.1) is 0 Å². The molecule has 0 spiro atoms. The lowest BCUT2D eigenvalue weighted by Crippen LogP contribution is -2.20. The van der Waals surface area contributed by atoms with Crippen LogP contribution < -0.4 is 10.3 Å². The molecule has 2 heterocycles. The number of aryl methyl sites for hydroxylation is 2. The lowest BCUT2D eigenvalue weighted by molar-refractivity contribution is 0.414. The number of methoxy groups -OCH3 is 1. The van der Waals surface area contributed by atoms with Gasteiger partial charge in [0.05, 0.1) is 24.4 Å². The Hall–Kier alpha value is -2.56. The summed E-state index contributed by atoms with van der Waals surface area (Å²) in [5, 5.41) is 5.81. The Kier molecular flexibility index (Phi) is 2.82. The molecule has 102 valence electrons. The van der Waals surface area contributed by atoms with Crippen LogP contribution in [0.2, 0.25) is 0 Å². The maximum atomic E-state index is 12.6. The van der Waals surface area contributed by atoms with Crippen LogP contribution in [0.15, 0.2) is 35.3 Å². The molecule has 0 saturated heterocycles. The number of nitrogens with one attached hydrogen (secondary N) is 1. The second kappa shape index (κ2) is 4.52. The van der Waals surface area contributed by atoms with E-state index in [2.05, 4.69) is 10.1 Å². The Bertz CT molecular complexity index is 829. The van der Waals surface area contributed by atoms with E-state index in [9.17, 15) is 4.79 Å². The third-order valence-electron chi connectivity index (χ3n) is 3.45. The molecular formula is C15H15N3O2. The molecule has 0 saturated carbocycles. The molecule has 2 aromatic heterocycles. The van der Waals surface area contributed by atoms with Gasteiger partial charge in [0.15, 0.2) is 0 Å². The van der Waals surface area contributed by atoms with Crippen LogP contribution in [0.1, 0.15) is 11.4 Å². The van der Waals surface area contributed by atoms with Gasteiger partial charge < -0.3 is 9.72 Å². The molecule has 0 unspecified atom stereocenters. The highest BCUT2D eigenvalue weighted by Gasteiger charge is 2.12. The number of hydrogen-bond donors (Lipinski definition) is 1. The van der Waals surface area contributed by atoms with E-state index >= 15 is 0 Å². The van der Waals surface area contributed by atoms with Crippen molar-refractivity contribution in [2.24, 2.45) is 0 Å². The fourth-order valence-electron chi connectivity index (χ4n) is 2.42. The number of fused-ring (bicyclic) bond motifs is 1. The Labute approximate surface area is 115 Å². The summed E-state index contributed by atoms with van der Waals surface area (Å²) >= 11 is 0. The topological polar surface area (TPSA) is 59.9 Å². The van der Waals surface area contributed by atoms with E-state index < -0.39 is 0 Å². The zero-order valence-corrected chi connectivity index (χ0v) is 11.6. The van der Waals surface area contributed by atoms with E-state index in [1.165, 1.54) is 4.68 Å². The molecule has 0 bridgehead atoms. The average Bonchev–Trinajstić information content (AvgIpc) is 2.75. The first kappa shape index (κ1) is 12.5. The summed E-state index contributed by atoms with van der Waals surface area (Å²) in [6.07, 6.45) is 1.72. The molecule has 1 N–H and O–H groups in total. The minimum atomic E-state index is -0.116. The normalized spacial score (nSPS) is 10.9. The van der Waals surface area contributed by atoms with Crippen molar-refractivity contribution in [1.29, 1.82) is 0 Å². The van der Waals surface area contributed by atoms with Gasteiger partial charge in [-0.05, 0) is 38.1 Å². The Balaban J connectivity index is 2.23. The van der Waals surface area contributed by atoms with Crippen molar-refractivity contribution in [3.8, 4) is 11.4 Å². The van der Waals surface area contributed by atoms with Crippen LogP contribution in [0.25, 0.3) is 16.5 Å². The van der Waals surface area contributed by atoms with Crippen molar-refractivity contribution in [3.63, 3.8) is 0 Å². The van der Waals surface area contributed by atoms with Crippen LogP contribution in [-0.4, -0.2) is 21.9 Å². The van der Waals surface area contributed by atoms with Gasteiger partial charge in [0.25, 0.3) is 5.56 Å². The zero-order valence-electron chi connectivity index (χ0n) is 11.6. The van der Waals surface area contributed by atoms with Crippen molar-refractivity contribution >= 4 is 10.8 Å². The molecule has 0 amide bonds. The summed E-state index contributed by atoms with van der Waals surface area (Å²) in [5.41, 5.74) is 2.43. The molecule has 5 nitrogen and oxygen atoms in total. The predicted octanol–water partition coefficient (Wildman–Crippen LogP) is 2.34.